The molecule has 4 nitrogen and oxygen atoms in total. The molecule has 1 aromatic heterocycles. The highest BCUT2D eigenvalue weighted by Gasteiger charge is 2.05. The van der Waals surface area contributed by atoms with Gasteiger partial charge in [-0.3, -0.25) is 0 Å². The Morgan fingerprint density at radius 1 is 1.37 bits per heavy atom. The lowest BCUT2D eigenvalue weighted by molar-refractivity contribution is 0.0765. The van der Waals surface area contributed by atoms with E-state index in [0.29, 0.717) is 6.10 Å². The summed E-state index contributed by atoms with van der Waals surface area (Å²) in [5.74, 6) is 0. The van der Waals surface area contributed by atoms with Gasteiger partial charge in [0.2, 0.25) is 0 Å². The first-order chi connectivity index (χ1) is 9.18. The minimum Gasteiger partial charge on any atom is -0.395 e. The van der Waals surface area contributed by atoms with Crippen molar-refractivity contribution < 1.29 is 4.74 Å². The summed E-state index contributed by atoms with van der Waals surface area (Å²) in [5.41, 5.74) is 10.6. The Morgan fingerprint density at radius 2 is 2.21 bits per heavy atom. The zero-order valence-corrected chi connectivity index (χ0v) is 12.3. The number of unbranched alkanes of at least 4 members (excludes halogenated alkanes) is 1. The first-order valence-corrected chi connectivity index (χ1v) is 7.53. The van der Waals surface area contributed by atoms with E-state index >= 15 is 0 Å². The molecule has 3 N–H and O–H groups in total. The average Bonchev–Trinajstić information content (AvgIpc) is 2.84. The highest BCUT2D eigenvalue weighted by Crippen LogP contribution is 2.29. The van der Waals surface area contributed by atoms with Gasteiger partial charge >= 0.3 is 0 Å². The lowest BCUT2D eigenvalue weighted by Gasteiger charge is -2.10. The molecule has 0 aliphatic rings. The molecule has 0 bridgehead atoms. The molecule has 5 heteroatoms. The largest absolute Gasteiger partial charge is 0.395 e. The van der Waals surface area contributed by atoms with Crippen molar-refractivity contribution in [1.82, 2.24) is 4.98 Å². The van der Waals surface area contributed by atoms with Crippen LogP contribution in [0, 0.1) is 0 Å². The molecule has 19 heavy (non-hydrogen) atoms. The van der Waals surface area contributed by atoms with E-state index in [0.717, 1.165) is 47.6 Å². The van der Waals surface area contributed by atoms with Crippen molar-refractivity contribution in [1.29, 1.82) is 0 Å². The van der Waals surface area contributed by atoms with Crippen LogP contribution < -0.4 is 11.1 Å². The molecule has 0 saturated carbocycles. The van der Waals surface area contributed by atoms with Gasteiger partial charge in [0.05, 0.1) is 27.7 Å². The van der Waals surface area contributed by atoms with E-state index < -0.39 is 0 Å². The number of nitrogen functional groups attached to an aromatic ring is 1. The number of nitrogens with two attached hydrogens (primary N) is 1. The SMILES string of the molecule is CC(C)OCCCCNc1ccc2scnc2c1N. The highest BCUT2D eigenvalue weighted by atomic mass is 32.1. The summed E-state index contributed by atoms with van der Waals surface area (Å²) in [7, 11) is 0. The number of nitrogens with zero attached hydrogens (tertiary/aromatic N) is 1. The molecule has 0 fully saturated rings. The molecule has 0 amide bonds. The number of thiazole rings is 1. The third-order valence-electron chi connectivity index (χ3n) is 2.88. The van der Waals surface area contributed by atoms with Gasteiger partial charge in [0.1, 0.15) is 5.52 Å². The van der Waals surface area contributed by atoms with Crippen molar-refractivity contribution in [3.05, 3.63) is 17.6 Å². The molecule has 2 aromatic rings. The fraction of sp³-hybridized carbons (Fsp3) is 0.500. The van der Waals surface area contributed by atoms with Crippen LogP contribution >= 0.6 is 11.3 Å². The van der Waals surface area contributed by atoms with E-state index in [1.54, 1.807) is 11.3 Å². The van der Waals surface area contributed by atoms with E-state index in [9.17, 15) is 0 Å². The molecular formula is C14H21N3OS. The number of anilines is 2. The number of nitrogens with one attached hydrogen (secondary N) is 1. The van der Waals surface area contributed by atoms with Crippen LogP contribution in [0.25, 0.3) is 10.2 Å². The van der Waals surface area contributed by atoms with Crippen molar-refractivity contribution in [3.8, 4) is 0 Å². The van der Waals surface area contributed by atoms with Crippen LogP contribution in [0.15, 0.2) is 17.6 Å². The van der Waals surface area contributed by atoms with Gasteiger partial charge in [0.15, 0.2) is 0 Å². The van der Waals surface area contributed by atoms with E-state index in [1.165, 1.54) is 0 Å². The third-order valence-corrected chi connectivity index (χ3v) is 3.67. The molecule has 104 valence electrons. The number of fused-ring (bicyclic) bond motifs is 1. The Bertz CT molecular complexity index is 524. The number of rotatable bonds is 7. The number of aromatic nitrogens is 1. The maximum absolute atomic E-state index is 6.10. The van der Waals surface area contributed by atoms with E-state index in [1.807, 2.05) is 11.6 Å². The molecule has 0 spiro atoms. The monoisotopic (exact) mass is 279 g/mol. The predicted octanol–water partition coefficient (Wildman–Crippen LogP) is 3.50. The average molecular weight is 279 g/mol. The molecule has 0 atom stereocenters. The molecule has 2 rings (SSSR count). The van der Waals surface area contributed by atoms with Crippen molar-refractivity contribution in [2.45, 2.75) is 32.8 Å². The number of hydrogen-bond acceptors (Lipinski definition) is 5. The lowest BCUT2D eigenvalue weighted by Crippen LogP contribution is -2.08. The van der Waals surface area contributed by atoms with Gasteiger partial charge in [-0.15, -0.1) is 11.3 Å². The summed E-state index contributed by atoms with van der Waals surface area (Å²) in [5, 5.41) is 3.37. The first-order valence-electron chi connectivity index (χ1n) is 6.65. The smallest absolute Gasteiger partial charge is 0.106 e. The molecule has 0 aliphatic heterocycles. The zero-order valence-electron chi connectivity index (χ0n) is 11.5. The van der Waals surface area contributed by atoms with Crippen LogP contribution in [0.2, 0.25) is 0 Å². The standard InChI is InChI=1S/C14H21N3OS/c1-10(2)18-8-4-3-7-16-11-5-6-12-14(13(11)15)17-9-19-12/h5-6,9-10,16H,3-4,7-8,15H2,1-2H3. The predicted molar refractivity (Wildman–Crippen MR) is 82.8 cm³/mol. The van der Waals surface area contributed by atoms with Crippen LogP contribution in [-0.4, -0.2) is 24.2 Å². The molecule has 0 radical (unpaired) electrons. The maximum atomic E-state index is 6.10. The fourth-order valence-electron chi connectivity index (χ4n) is 1.88. The molecule has 0 saturated heterocycles. The van der Waals surface area contributed by atoms with E-state index in [-0.39, 0.29) is 0 Å². The Morgan fingerprint density at radius 3 is 3.00 bits per heavy atom. The summed E-state index contributed by atoms with van der Waals surface area (Å²) in [6.07, 6.45) is 2.45. The van der Waals surface area contributed by atoms with Crippen molar-refractivity contribution >= 4 is 32.9 Å². The molecule has 1 aromatic carbocycles. The summed E-state index contributed by atoms with van der Waals surface area (Å²) in [6.45, 7) is 5.84. The molecule has 0 aliphatic carbocycles. The van der Waals surface area contributed by atoms with E-state index in [2.05, 4.69) is 30.2 Å². The number of hydrogen-bond donors (Lipinski definition) is 2. The Balaban J connectivity index is 1.80. The normalized spacial score (nSPS) is 11.3. The Labute approximate surface area is 118 Å². The van der Waals surface area contributed by atoms with Gasteiger partial charge in [-0.1, -0.05) is 0 Å². The lowest BCUT2D eigenvalue weighted by atomic mass is 10.2. The van der Waals surface area contributed by atoms with Crippen LogP contribution in [0.5, 0.6) is 0 Å². The zero-order chi connectivity index (χ0) is 13.7. The molecule has 1 heterocycles. The minimum atomic E-state index is 0.315. The van der Waals surface area contributed by atoms with Gasteiger partial charge < -0.3 is 15.8 Å². The highest BCUT2D eigenvalue weighted by molar-refractivity contribution is 7.16. The second kappa shape index (κ2) is 6.73. The summed E-state index contributed by atoms with van der Waals surface area (Å²) in [4.78, 5) is 4.29. The van der Waals surface area contributed by atoms with Crippen LogP contribution in [0.1, 0.15) is 26.7 Å². The van der Waals surface area contributed by atoms with Crippen molar-refractivity contribution in [2.24, 2.45) is 0 Å². The number of ether oxygens (including phenoxy) is 1. The molecular weight excluding hydrogens is 258 g/mol. The quantitative estimate of drug-likeness (QED) is 0.601. The summed E-state index contributed by atoms with van der Waals surface area (Å²) in [6, 6.07) is 4.09. The molecule has 0 unspecified atom stereocenters. The maximum Gasteiger partial charge on any atom is 0.106 e. The fourth-order valence-corrected chi connectivity index (χ4v) is 2.57. The first kappa shape index (κ1) is 14.1. The summed E-state index contributed by atoms with van der Waals surface area (Å²) >= 11 is 1.61. The van der Waals surface area contributed by atoms with Crippen molar-refractivity contribution in [3.63, 3.8) is 0 Å². The van der Waals surface area contributed by atoms with Gasteiger partial charge in [-0.05, 0) is 38.8 Å². The third kappa shape index (κ3) is 3.81. The van der Waals surface area contributed by atoms with Crippen LogP contribution in [0.3, 0.4) is 0 Å². The van der Waals surface area contributed by atoms with Crippen LogP contribution in [0.4, 0.5) is 11.4 Å². The summed E-state index contributed by atoms with van der Waals surface area (Å²) < 4.78 is 6.64. The Kier molecular flexibility index (Phi) is 4.99. The topological polar surface area (TPSA) is 60.2 Å². The van der Waals surface area contributed by atoms with E-state index in [4.69, 9.17) is 10.5 Å². The second-order valence-corrected chi connectivity index (χ2v) is 5.67. The van der Waals surface area contributed by atoms with Crippen molar-refractivity contribution in [2.75, 3.05) is 24.2 Å². The van der Waals surface area contributed by atoms with Crippen LogP contribution in [-0.2, 0) is 4.74 Å². The van der Waals surface area contributed by atoms with Gasteiger partial charge in [0.25, 0.3) is 0 Å². The van der Waals surface area contributed by atoms with Gasteiger partial charge in [0, 0.05) is 13.2 Å². The number of benzene rings is 1. The Hall–Kier alpha value is -1.33. The van der Waals surface area contributed by atoms with Gasteiger partial charge in [-0.2, -0.15) is 0 Å². The van der Waals surface area contributed by atoms with Gasteiger partial charge in [-0.25, -0.2) is 4.98 Å². The second-order valence-electron chi connectivity index (χ2n) is 4.78. The minimum absolute atomic E-state index is 0.315.